The number of benzene rings is 1. The smallest absolute Gasteiger partial charge is 0.344 e. The molecule has 0 aliphatic carbocycles. The van der Waals surface area contributed by atoms with Gasteiger partial charge in [-0.05, 0) is 18.6 Å². The Labute approximate surface area is 117 Å². The minimum atomic E-state index is -0.997. The average Bonchev–Trinajstić information content (AvgIpc) is 2.42. The second-order valence-corrected chi connectivity index (χ2v) is 4.31. The molecular formula is C13H18O5S. The molecule has 6 heteroatoms. The highest BCUT2D eigenvalue weighted by atomic mass is 32.1. The molecule has 5 nitrogen and oxygen atoms in total. The van der Waals surface area contributed by atoms with Crippen molar-refractivity contribution < 1.29 is 24.1 Å². The quantitative estimate of drug-likeness (QED) is 0.718. The fourth-order valence-corrected chi connectivity index (χ4v) is 1.71. The zero-order valence-electron chi connectivity index (χ0n) is 11.0. The van der Waals surface area contributed by atoms with Crippen LogP contribution in [-0.2, 0) is 4.79 Å². The van der Waals surface area contributed by atoms with E-state index in [2.05, 4.69) is 12.6 Å². The summed E-state index contributed by atoms with van der Waals surface area (Å²) in [4.78, 5) is 11.1. The van der Waals surface area contributed by atoms with Crippen LogP contribution in [0.4, 0.5) is 0 Å². The lowest BCUT2D eigenvalue weighted by molar-refractivity contribution is -0.145. The number of carboxylic acid groups (broad SMARTS) is 1. The highest BCUT2D eigenvalue weighted by Gasteiger charge is 2.19. The summed E-state index contributed by atoms with van der Waals surface area (Å²) in [5.74, 6) is 1.13. The molecule has 0 fully saturated rings. The summed E-state index contributed by atoms with van der Waals surface area (Å²) in [7, 11) is 3.04. The van der Waals surface area contributed by atoms with Crippen LogP contribution in [0.15, 0.2) is 18.2 Å². The molecule has 0 aromatic heterocycles. The molecule has 106 valence electrons. The summed E-state index contributed by atoms with van der Waals surface area (Å²) >= 11 is 4.06. The van der Waals surface area contributed by atoms with Crippen LogP contribution in [0.2, 0.25) is 0 Å². The third-order valence-corrected chi connectivity index (χ3v) is 2.82. The first kappa shape index (κ1) is 15.5. The zero-order valence-corrected chi connectivity index (χ0v) is 11.9. The van der Waals surface area contributed by atoms with Gasteiger partial charge in [0.2, 0.25) is 0 Å². The second-order valence-electron chi connectivity index (χ2n) is 3.86. The normalized spacial score (nSPS) is 11.7. The minimum absolute atomic E-state index is 0.401. The van der Waals surface area contributed by atoms with Crippen LogP contribution in [-0.4, -0.2) is 37.2 Å². The maximum absolute atomic E-state index is 11.1. The summed E-state index contributed by atoms with van der Waals surface area (Å²) in [6.07, 6.45) is 0.170. The zero-order chi connectivity index (χ0) is 14.3. The summed E-state index contributed by atoms with van der Waals surface area (Å²) in [5, 5.41) is 9.10. The number of carbonyl (C=O) groups is 1. The van der Waals surface area contributed by atoms with Crippen molar-refractivity contribution in [2.45, 2.75) is 18.9 Å². The Kier molecular flexibility index (Phi) is 6.35. The molecule has 0 amide bonds. The molecule has 0 saturated heterocycles. The molecule has 1 atom stereocenters. The Morgan fingerprint density at radius 3 is 2.16 bits per heavy atom. The van der Waals surface area contributed by atoms with Crippen molar-refractivity contribution in [1.82, 2.24) is 0 Å². The molecule has 0 spiro atoms. The third-order valence-electron chi connectivity index (χ3n) is 2.50. The van der Waals surface area contributed by atoms with Crippen LogP contribution in [0.25, 0.3) is 0 Å². The SMILES string of the molecule is COc1cc(OC)cc(OC(CCCS)C(=O)O)c1. The van der Waals surface area contributed by atoms with E-state index in [9.17, 15) is 4.79 Å². The van der Waals surface area contributed by atoms with Gasteiger partial charge < -0.3 is 19.3 Å². The van der Waals surface area contributed by atoms with Crippen LogP contribution < -0.4 is 14.2 Å². The summed E-state index contributed by atoms with van der Waals surface area (Å²) in [6.45, 7) is 0. The van der Waals surface area contributed by atoms with E-state index in [4.69, 9.17) is 19.3 Å². The maximum atomic E-state index is 11.1. The van der Waals surface area contributed by atoms with Gasteiger partial charge in [-0.2, -0.15) is 12.6 Å². The molecule has 0 heterocycles. The summed E-state index contributed by atoms with van der Waals surface area (Å²) in [5.41, 5.74) is 0. The van der Waals surface area contributed by atoms with Gasteiger partial charge >= 0.3 is 5.97 Å². The Bertz CT molecular complexity index is 399. The number of methoxy groups -OCH3 is 2. The van der Waals surface area contributed by atoms with Crippen molar-refractivity contribution >= 4 is 18.6 Å². The number of aliphatic carboxylic acids is 1. The van der Waals surface area contributed by atoms with Crippen LogP contribution in [0.3, 0.4) is 0 Å². The van der Waals surface area contributed by atoms with Gasteiger partial charge in [0.1, 0.15) is 17.2 Å². The van der Waals surface area contributed by atoms with E-state index in [1.807, 2.05) is 0 Å². The van der Waals surface area contributed by atoms with Crippen LogP contribution in [0, 0.1) is 0 Å². The molecule has 0 aliphatic heterocycles. The highest BCUT2D eigenvalue weighted by molar-refractivity contribution is 7.80. The molecule has 1 rings (SSSR count). The van der Waals surface area contributed by atoms with Gasteiger partial charge in [0, 0.05) is 18.2 Å². The van der Waals surface area contributed by atoms with E-state index in [-0.39, 0.29) is 0 Å². The molecule has 1 N–H and O–H groups in total. The monoisotopic (exact) mass is 286 g/mol. The summed E-state index contributed by atoms with van der Waals surface area (Å²) in [6, 6.07) is 4.94. The number of rotatable bonds is 8. The number of ether oxygens (including phenoxy) is 3. The van der Waals surface area contributed by atoms with E-state index in [1.54, 1.807) is 18.2 Å². The first-order valence-corrected chi connectivity index (χ1v) is 6.47. The molecule has 0 bridgehead atoms. The lowest BCUT2D eigenvalue weighted by Gasteiger charge is -2.16. The van der Waals surface area contributed by atoms with Crippen molar-refractivity contribution in [3.05, 3.63) is 18.2 Å². The minimum Gasteiger partial charge on any atom is -0.496 e. The van der Waals surface area contributed by atoms with Gasteiger partial charge in [-0.15, -0.1) is 0 Å². The standard InChI is InChI=1S/C13H18O5S/c1-16-9-6-10(17-2)8-11(7-9)18-12(13(14)15)4-3-5-19/h6-8,12,19H,3-5H2,1-2H3,(H,14,15). The van der Waals surface area contributed by atoms with Gasteiger partial charge in [0.25, 0.3) is 0 Å². The van der Waals surface area contributed by atoms with Crippen LogP contribution in [0.1, 0.15) is 12.8 Å². The van der Waals surface area contributed by atoms with E-state index in [0.717, 1.165) is 0 Å². The molecule has 0 radical (unpaired) electrons. The maximum Gasteiger partial charge on any atom is 0.344 e. The Hall–Kier alpha value is -1.56. The van der Waals surface area contributed by atoms with Crippen molar-refractivity contribution in [2.24, 2.45) is 0 Å². The topological polar surface area (TPSA) is 65.0 Å². The van der Waals surface area contributed by atoms with Gasteiger partial charge in [0.05, 0.1) is 14.2 Å². The number of hydrogen-bond donors (Lipinski definition) is 2. The van der Waals surface area contributed by atoms with Crippen molar-refractivity contribution in [3.63, 3.8) is 0 Å². The fraction of sp³-hybridized carbons (Fsp3) is 0.462. The second kappa shape index (κ2) is 7.78. The van der Waals surface area contributed by atoms with Gasteiger partial charge in [-0.3, -0.25) is 0 Å². The molecule has 0 saturated carbocycles. The van der Waals surface area contributed by atoms with Crippen LogP contribution >= 0.6 is 12.6 Å². The Balaban J connectivity index is 2.85. The third kappa shape index (κ3) is 4.90. The van der Waals surface area contributed by atoms with E-state index in [1.165, 1.54) is 14.2 Å². The first-order valence-electron chi connectivity index (χ1n) is 5.84. The van der Waals surface area contributed by atoms with Crippen molar-refractivity contribution in [1.29, 1.82) is 0 Å². The predicted molar refractivity (Wildman–Crippen MR) is 74.7 cm³/mol. The van der Waals surface area contributed by atoms with Gasteiger partial charge in [-0.1, -0.05) is 0 Å². The van der Waals surface area contributed by atoms with Gasteiger partial charge in [0.15, 0.2) is 6.10 Å². The van der Waals surface area contributed by atoms with E-state index < -0.39 is 12.1 Å². The lowest BCUT2D eigenvalue weighted by atomic mass is 10.2. The number of carboxylic acids is 1. The fourth-order valence-electron chi connectivity index (χ4n) is 1.52. The molecule has 1 aromatic carbocycles. The number of thiol groups is 1. The average molecular weight is 286 g/mol. The van der Waals surface area contributed by atoms with Crippen LogP contribution in [0.5, 0.6) is 17.2 Å². The van der Waals surface area contributed by atoms with E-state index >= 15 is 0 Å². The van der Waals surface area contributed by atoms with Gasteiger partial charge in [-0.25, -0.2) is 4.79 Å². The predicted octanol–water partition coefficient (Wildman–Crippen LogP) is 2.25. The largest absolute Gasteiger partial charge is 0.496 e. The highest BCUT2D eigenvalue weighted by Crippen LogP contribution is 2.28. The molecule has 1 unspecified atom stereocenters. The van der Waals surface area contributed by atoms with E-state index in [0.29, 0.717) is 35.8 Å². The molecular weight excluding hydrogens is 268 g/mol. The Morgan fingerprint density at radius 2 is 1.74 bits per heavy atom. The lowest BCUT2D eigenvalue weighted by Crippen LogP contribution is -2.27. The number of hydrogen-bond acceptors (Lipinski definition) is 5. The molecule has 1 aromatic rings. The summed E-state index contributed by atoms with van der Waals surface area (Å²) < 4.78 is 15.7. The first-order chi connectivity index (χ1) is 9.10. The van der Waals surface area contributed by atoms with Crippen molar-refractivity contribution in [2.75, 3.05) is 20.0 Å². The Morgan fingerprint density at radius 1 is 1.21 bits per heavy atom. The molecule has 0 aliphatic rings. The molecule has 19 heavy (non-hydrogen) atoms. The van der Waals surface area contributed by atoms with Crippen molar-refractivity contribution in [3.8, 4) is 17.2 Å².